The highest BCUT2D eigenvalue weighted by Gasteiger charge is 2.37. The van der Waals surface area contributed by atoms with E-state index >= 15 is 0 Å². The maximum atomic E-state index is 13.5. The van der Waals surface area contributed by atoms with Crippen LogP contribution in [-0.2, 0) is 15.7 Å². The molecule has 1 N–H and O–H groups in total. The Morgan fingerprint density at radius 3 is 2.32 bits per heavy atom. The Morgan fingerprint density at radius 1 is 1.11 bits per heavy atom. The lowest BCUT2D eigenvalue weighted by Gasteiger charge is -2.20. The first-order chi connectivity index (χ1) is 13.1. The number of benzene rings is 2. The number of carbonyl (C=O) groups is 3. The topological polar surface area (TPSA) is 93.1 Å². The Labute approximate surface area is 157 Å². The van der Waals surface area contributed by atoms with Crippen molar-refractivity contribution < 1.29 is 42.1 Å². The second kappa shape index (κ2) is 8.15. The molecule has 0 saturated heterocycles. The fraction of sp³-hybridized carbons (Fsp3) is 0.278. The van der Waals surface area contributed by atoms with Gasteiger partial charge in [-0.15, -0.1) is 0 Å². The summed E-state index contributed by atoms with van der Waals surface area (Å²) in [6.07, 6.45) is -5.98. The van der Waals surface area contributed by atoms with Crippen molar-refractivity contribution in [2.75, 3.05) is 20.3 Å². The molecular weight excluding hydrogens is 383 g/mol. The van der Waals surface area contributed by atoms with E-state index in [1.54, 1.807) is 0 Å². The zero-order valence-electron chi connectivity index (χ0n) is 14.9. The van der Waals surface area contributed by atoms with Gasteiger partial charge in [0.05, 0.1) is 13.7 Å². The molecule has 0 aliphatic heterocycles. The van der Waals surface area contributed by atoms with Crippen molar-refractivity contribution >= 4 is 28.7 Å². The monoisotopic (exact) mass is 399 g/mol. The first kappa shape index (κ1) is 21.0. The molecule has 0 atom stereocenters. The van der Waals surface area contributed by atoms with Crippen molar-refractivity contribution in [3.63, 3.8) is 0 Å². The summed E-state index contributed by atoms with van der Waals surface area (Å²) in [4.78, 5) is 36.1. The zero-order valence-corrected chi connectivity index (χ0v) is 14.9. The molecule has 0 aliphatic carbocycles. The second-order valence-corrected chi connectivity index (χ2v) is 5.53. The van der Waals surface area contributed by atoms with E-state index in [-0.39, 0.29) is 22.9 Å². The minimum atomic E-state index is -4.77. The first-order valence-corrected chi connectivity index (χ1v) is 7.99. The number of halogens is 3. The van der Waals surface area contributed by atoms with E-state index in [0.29, 0.717) is 4.90 Å². The van der Waals surface area contributed by atoms with Gasteiger partial charge in [-0.1, -0.05) is 12.1 Å². The van der Waals surface area contributed by atoms with Crippen LogP contribution in [0.15, 0.2) is 30.3 Å². The molecule has 10 heteroatoms. The number of ether oxygens (including phenoxy) is 2. The third kappa shape index (κ3) is 4.16. The average molecular weight is 399 g/mol. The number of hydrogen-bond donors (Lipinski definition) is 1. The number of carboxylic acid groups (broad SMARTS) is 1. The van der Waals surface area contributed by atoms with Crippen molar-refractivity contribution in [3.8, 4) is 5.75 Å². The molecule has 28 heavy (non-hydrogen) atoms. The van der Waals surface area contributed by atoms with Crippen LogP contribution in [0.3, 0.4) is 0 Å². The molecule has 0 bridgehead atoms. The molecule has 0 saturated carbocycles. The number of alkyl halides is 3. The van der Waals surface area contributed by atoms with Gasteiger partial charge in [0.25, 0.3) is 5.91 Å². The summed E-state index contributed by atoms with van der Waals surface area (Å²) >= 11 is 0. The van der Waals surface area contributed by atoms with Crippen LogP contribution in [0.25, 0.3) is 10.8 Å². The molecule has 0 aliphatic rings. The molecule has 2 aromatic rings. The van der Waals surface area contributed by atoms with Crippen LogP contribution in [0.1, 0.15) is 22.8 Å². The fourth-order valence-electron chi connectivity index (χ4n) is 2.69. The number of carbonyl (C=O) groups excluding carboxylic acids is 2. The minimum absolute atomic E-state index is 0.111. The van der Waals surface area contributed by atoms with E-state index in [9.17, 15) is 27.6 Å². The van der Waals surface area contributed by atoms with E-state index in [0.717, 1.165) is 19.2 Å². The Hall–Kier alpha value is -3.30. The highest BCUT2D eigenvalue weighted by Crippen LogP contribution is 2.41. The number of hydrogen-bond acceptors (Lipinski definition) is 5. The Bertz CT molecular complexity index is 925. The summed E-state index contributed by atoms with van der Waals surface area (Å²) in [5, 5.41) is 8.53. The third-order valence-corrected chi connectivity index (χ3v) is 3.78. The van der Waals surface area contributed by atoms with Crippen LogP contribution in [0.2, 0.25) is 0 Å². The summed E-state index contributed by atoms with van der Waals surface area (Å²) < 4.78 is 50.1. The number of amides is 2. The third-order valence-electron chi connectivity index (χ3n) is 3.78. The average Bonchev–Trinajstić information content (AvgIpc) is 2.63. The molecule has 7 nitrogen and oxygen atoms in total. The summed E-state index contributed by atoms with van der Waals surface area (Å²) in [6.45, 7) is 0.338. The quantitative estimate of drug-likeness (QED) is 0.827. The lowest BCUT2D eigenvalue weighted by atomic mass is 9.98. The van der Waals surface area contributed by atoms with Crippen LogP contribution < -0.4 is 4.74 Å². The Kier molecular flexibility index (Phi) is 6.12. The molecule has 2 aromatic carbocycles. The van der Waals surface area contributed by atoms with Crippen LogP contribution in [0.5, 0.6) is 5.75 Å². The maximum absolute atomic E-state index is 13.5. The molecule has 0 heterocycles. The Balaban J connectivity index is 2.68. The van der Waals surface area contributed by atoms with Gasteiger partial charge in [0.2, 0.25) is 0 Å². The van der Waals surface area contributed by atoms with Gasteiger partial charge >= 0.3 is 18.2 Å². The van der Waals surface area contributed by atoms with Crippen molar-refractivity contribution in [2.45, 2.75) is 13.1 Å². The largest absolute Gasteiger partial charge is 0.496 e. The Morgan fingerprint density at radius 2 is 1.79 bits per heavy atom. The number of nitrogens with zero attached hydrogens (tertiary/aromatic N) is 1. The van der Waals surface area contributed by atoms with Gasteiger partial charge in [-0.2, -0.15) is 13.2 Å². The van der Waals surface area contributed by atoms with Gasteiger partial charge in [-0.05, 0) is 35.9 Å². The van der Waals surface area contributed by atoms with Gasteiger partial charge in [0.1, 0.15) is 17.9 Å². The van der Waals surface area contributed by atoms with Crippen molar-refractivity contribution in [1.29, 1.82) is 0 Å². The molecule has 2 amide bonds. The molecule has 0 unspecified atom stereocenters. The van der Waals surface area contributed by atoms with Gasteiger partial charge in [-0.25, -0.2) is 9.69 Å². The number of imide groups is 1. The normalized spacial score (nSPS) is 11.2. The van der Waals surface area contributed by atoms with E-state index in [1.165, 1.54) is 25.1 Å². The standard InChI is InChI=1S/C18H16F3NO6/c1-3-28-17(26)22(9-14(23)24)16(25)12-6-4-5-11-10(12)7-8-13(27-2)15(11)18(19,20)21/h4-8H,3,9H2,1-2H3,(H,23,24). The zero-order chi connectivity index (χ0) is 21.1. The number of aliphatic carboxylic acids is 1. The predicted molar refractivity (Wildman–Crippen MR) is 91.2 cm³/mol. The maximum Gasteiger partial charge on any atom is 0.420 e. The number of fused-ring (bicyclic) bond motifs is 1. The number of carboxylic acids is 1. The number of methoxy groups -OCH3 is 1. The molecule has 150 valence electrons. The summed E-state index contributed by atoms with van der Waals surface area (Å²) in [6, 6.07) is 5.84. The number of rotatable bonds is 5. The van der Waals surface area contributed by atoms with Crippen LogP contribution in [0.4, 0.5) is 18.0 Å². The van der Waals surface area contributed by atoms with Gasteiger partial charge < -0.3 is 14.6 Å². The summed E-state index contributed by atoms with van der Waals surface area (Å²) in [7, 11) is 1.08. The predicted octanol–water partition coefficient (Wildman–Crippen LogP) is 3.55. The minimum Gasteiger partial charge on any atom is -0.496 e. The van der Waals surface area contributed by atoms with Gasteiger partial charge in [-0.3, -0.25) is 9.59 Å². The van der Waals surface area contributed by atoms with Crippen LogP contribution in [0, 0.1) is 0 Å². The molecule has 0 aromatic heterocycles. The van der Waals surface area contributed by atoms with Crippen molar-refractivity contribution in [3.05, 3.63) is 41.5 Å². The molecule has 0 spiro atoms. The van der Waals surface area contributed by atoms with Crippen molar-refractivity contribution in [1.82, 2.24) is 4.90 Å². The van der Waals surface area contributed by atoms with E-state index in [1.807, 2.05) is 0 Å². The van der Waals surface area contributed by atoms with Gasteiger partial charge in [0, 0.05) is 5.56 Å². The SMILES string of the molecule is CCOC(=O)N(CC(=O)O)C(=O)c1cccc2c(C(F)(F)F)c(OC)ccc12. The lowest BCUT2D eigenvalue weighted by molar-refractivity contribution is -0.138. The van der Waals surface area contributed by atoms with E-state index < -0.39 is 42.0 Å². The smallest absolute Gasteiger partial charge is 0.420 e. The molecule has 0 radical (unpaired) electrons. The van der Waals surface area contributed by atoms with E-state index in [4.69, 9.17) is 9.84 Å². The summed E-state index contributed by atoms with van der Waals surface area (Å²) in [5.74, 6) is -3.01. The molecule has 0 fully saturated rings. The van der Waals surface area contributed by atoms with E-state index in [2.05, 4.69) is 4.74 Å². The van der Waals surface area contributed by atoms with Gasteiger partial charge in [0.15, 0.2) is 0 Å². The first-order valence-electron chi connectivity index (χ1n) is 7.99. The van der Waals surface area contributed by atoms with Crippen LogP contribution in [-0.4, -0.2) is 48.2 Å². The van der Waals surface area contributed by atoms with Crippen molar-refractivity contribution in [2.24, 2.45) is 0 Å². The lowest BCUT2D eigenvalue weighted by Crippen LogP contribution is -2.41. The highest BCUT2D eigenvalue weighted by molar-refractivity contribution is 6.13. The fourth-order valence-corrected chi connectivity index (χ4v) is 2.69. The highest BCUT2D eigenvalue weighted by atomic mass is 19.4. The summed E-state index contributed by atoms with van der Waals surface area (Å²) in [5.41, 5.74) is -1.36. The molecular formula is C18H16F3NO6. The van der Waals surface area contributed by atoms with Crippen LogP contribution >= 0.6 is 0 Å². The molecule has 2 rings (SSSR count). The second-order valence-electron chi connectivity index (χ2n) is 5.53.